The summed E-state index contributed by atoms with van der Waals surface area (Å²) in [7, 11) is 0. The quantitative estimate of drug-likeness (QED) is 0.680. The van der Waals surface area contributed by atoms with Crippen LogP contribution in [0.2, 0.25) is 0 Å². The van der Waals surface area contributed by atoms with Crippen LogP contribution in [-0.2, 0) is 4.79 Å². The number of rotatable bonds is 4. The number of anilines is 1. The molecule has 0 aromatic carbocycles. The summed E-state index contributed by atoms with van der Waals surface area (Å²) >= 11 is 1.64. The molecule has 124 valence electrons. The van der Waals surface area contributed by atoms with Crippen LogP contribution in [0.15, 0.2) is 17.2 Å². The van der Waals surface area contributed by atoms with E-state index in [1.165, 1.54) is 24.3 Å². The molecule has 3 heterocycles. The summed E-state index contributed by atoms with van der Waals surface area (Å²) in [6, 6.07) is 3.61. The first-order valence-electron chi connectivity index (χ1n) is 8.09. The maximum Gasteiger partial charge on any atom is 0.346 e. The van der Waals surface area contributed by atoms with Crippen LogP contribution in [0.3, 0.4) is 0 Å². The maximum atomic E-state index is 12.3. The lowest BCUT2D eigenvalue weighted by Gasteiger charge is -2.27. The van der Waals surface area contributed by atoms with Gasteiger partial charge in [-0.3, -0.25) is 4.79 Å². The largest absolute Gasteiger partial charge is 0.363 e. The highest BCUT2D eigenvalue weighted by atomic mass is 32.1. The fourth-order valence-corrected chi connectivity index (χ4v) is 3.75. The molecular formula is C16H22N4O2S. The van der Waals surface area contributed by atoms with E-state index < -0.39 is 11.6 Å². The van der Waals surface area contributed by atoms with Crippen LogP contribution in [0.4, 0.5) is 9.80 Å². The predicted octanol–water partition coefficient (Wildman–Crippen LogP) is 2.79. The van der Waals surface area contributed by atoms with Gasteiger partial charge in [0.15, 0.2) is 0 Å². The standard InChI is InChI=1S/C16H22N4O2S/c1-3-16(2)14(21)20(15(22)18-16)17-11-12-7-8-13(23-12)19-9-5-4-6-10-19/h7-8,11H,3-6,9-10H2,1-2H3,(H,18,22)/b17-11+. The van der Waals surface area contributed by atoms with Crippen LogP contribution in [0.25, 0.3) is 0 Å². The van der Waals surface area contributed by atoms with E-state index >= 15 is 0 Å². The van der Waals surface area contributed by atoms with E-state index in [0.717, 1.165) is 23.0 Å². The van der Waals surface area contributed by atoms with E-state index in [9.17, 15) is 9.59 Å². The minimum Gasteiger partial charge on any atom is -0.363 e. The number of thiophene rings is 1. The molecule has 2 aliphatic rings. The molecule has 2 fully saturated rings. The first-order valence-corrected chi connectivity index (χ1v) is 8.90. The summed E-state index contributed by atoms with van der Waals surface area (Å²) < 4.78 is 0. The van der Waals surface area contributed by atoms with Gasteiger partial charge in [0.05, 0.1) is 11.2 Å². The molecule has 3 amide bonds. The number of piperidine rings is 1. The Hall–Kier alpha value is -1.89. The number of hydrogen-bond acceptors (Lipinski definition) is 5. The number of hydrazone groups is 1. The summed E-state index contributed by atoms with van der Waals surface area (Å²) in [4.78, 5) is 27.5. The highest BCUT2D eigenvalue weighted by molar-refractivity contribution is 7.17. The van der Waals surface area contributed by atoms with Crippen molar-refractivity contribution in [3.05, 3.63) is 17.0 Å². The third kappa shape index (κ3) is 3.10. The third-order valence-corrected chi connectivity index (χ3v) is 5.61. The Morgan fingerprint density at radius 2 is 2.04 bits per heavy atom. The molecule has 23 heavy (non-hydrogen) atoms. The molecule has 0 spiro atoms. The van der Waals surface area contributed by atoms with Gasteiger partial charge in [-0.05, 0) is 44.7 Å². The molecule has 1 aromatic heterocycles. The molecule has 3 rings (SSSR count). The van der Waals surface area contributed by atoms with Gasteiger partial charge in [0.1, 0.15) is 5.54 Å². The lowest BCUT2D eigenvalue weighted by atomic mass is 10.00. The van der Waals surface area contributed by atoms with Crippen molar-refractivity contribution in [1.82, 2.24) is 10.3 Å². The SMILES string of the molecule is CCC1(C)NC(=O)N(/N=C/c2ccc(N3CCCCC3)s2)C1=O. The van der Waals surface area contributed by atoms with Gasteiger partial charge in [-0.1, -0.05) is 6.92 Å². The van der Waals surface area contributed by atoms with Gasteiger partial charge in [-0.25, -0.2) is 4.79 Å². The zero-order chi connectivity index (χ0) is 16.4. The Morgan fingerprint density at radius 1 is 1.30 bits per heavy atom. The molecule has 1 N–H and O–H groups in total. The summed E-state index contributed by atoms with van der Waals surface area (Å²) in [6.45, 7) is 5.79. The second-order valence-corrected chi connectivity index (χ2v) is 7.29. The number of carbonyl (C=O) groups excluding carboxylic acids is 2. The lowest BCUT2D eigenvalue weighted by Crippen LogP contribution is -2.42. The minimum atomic E-state index is -0.844. The van der Waals surface area contributed by atoms with Crippen molar-refractivity contribution in [2.75, 3.05) is 18.0 Å². The summed E-state index contributed by atoms with van der Waals surface area (Å²) in [5, 5.41) is 8.95. The number of nitrogens with zero attached hydrogens (tertiary/aromatic N) is 3. The molecule has 1 atom stereocenters. The maximum absolute atomic E-state index is 12.3. The van der Waals surface area contributed by atoms with Crippen molar-refractivity contribution in [3.8, 4) is 0 Å². The van der Waals surface area contributed by atoms with Crippen molar-refractivity contribution in [2.24, 2.45) is 5.10 Å². The molecule has 0 saturated carbocycles. The Balaban J connectivity index is 1.70. The fourth-order valence-electron chi connectivity index (χ4n) is 2.82. The van der Waals surface area contributed by atoms with Gasteiger partial charge in [0, 0.05) is 18.0 Å². The zero-order valence-corrected chi connectivity index (χ0v) is 14.4. The highest BCUT2D eigenvalue weighted by Crippen LogP contribution is 2.28. The van der Waals surface area contributed by atoms with Crippen LogP contribution >= 0.6 is 11.3 Å². The molecule has 7 heteroatoms. The number of nitrogens with one attached hydrogen (secondary N) is 1. The number of amides is 3. The highest BCUT2D eigenvalue weighted by Gasteiger charge is 2.46. The van der Waals surface area contributed by atoms with E-state index in [4.69, 9.17) is 0 Å². The Labute approximate surface area is 140 Å². The van der Waals surface area contributed by atoms with E-state index in [2.05, 4.69) is 21.4 Å². The van der Waals surface area contributed by atoms with Gasteiger partial charge < -0.3 is 10.2 Å². The fraction of sp³-hybridized carbons (Fsp3) is 0.562. The Bertz CT molecular complexity index is 636. The second kappa shape index (κ2) is 6.31. The number of imide groups is 1. The summed E-state index contributed by atoms with van der Waals surface area (Å²) in [5.41, 5.74) is -0.844. The number of hydrogen-bond donors (Lipinski definition) is 1. The Kier molecular flexibility index (Phi) is 4.39. The summed E-state index contributed by atoms with van der Waals surface area (Å²) in [6.07, 6.45) is 5.91. The first-order chi connectivity index (χ1) is 11.0. The molecule has 0 aliphatic carbocycles. The number of urea groups is 1. The molecule has 1 unspecified atom stereocenters. The van der Waals surface area contributed by atoms with E-state index in [0.29, 0.717) is 6.42 Å². The van der Waals surface area contributed by atoms with Crippen LogP contribution in [-0.4, -0.2) is 41.8 Å². The molecule has 6 nitrogen and oxygen atoms in total. The molecule has 0 radical (unpaired) electrons. The van der Waals surface area contributed by atoms with Crippen LogP contribution in [0.1, 0.15) is 44.4 Å². The van der Waals surface area contributed by atoms with Gasteiger partial charge in [0.25, 0.3) is 5.91 Å². The predicted molar refractivity (Wildman–Crippen MR) is 92.1 cm³/mol. The molecule has 1 aromatic rings. The van der Waals surface area contributed by atoms with Crippen molar-refractivity contribution in [1.29, 1.82) is 0 Å². The normalized spacial score (nSPS) is 25.5. The van der Waals surface area contributed by atoms with Crippen LogP contribution in [0.5, 0.6) is 0 Å². The van der Waals surface area contributed by atoms with E-state index in [1.54, 1.807) is 24.5 Å². The molecule has 2 aliphatic heterocycles. The van der Waals surface area contributed by atoms with Crippen molar-refractivity contribution < 1.29 is 9.59 Å². The van der Waals surface area contributed by atoms with Crippen LogP contribution in [0, 0.1) is 0 Å². The van der Waals surface area contributed by atoms with Crippen molar-refractivity contribution in [3.63, 3.8) is 0 Å². The average Bonchev–Trinajstić information content (AvgIpc) is 3.11. The molecule has 0 bridgehead atoms. The van der Waals surface area contributed by atoms with Gasteiger partial charge in [0.2, 0.25) is 0 Å². The minimum absolute atomic E-state index is 0.297. The van der Waals surface area contributed by atoms with Crippen molar-refractivity contribution >= 4 is 34.5 Å². The smallest absolute Gasteiger partial charge is 0.346 e. The van der Waals surface area contributed by atoms with Crippen molar-refractivity contribution in [2.45, 2.75) is 45.1 Å². The number of carbonyl (C=O) groups is 2. The van der Waals surface area contributed by atoms with Gasteiger partial charge in [-0.15, -0.1) is 16.3 Å². The molecular weight excluding hydrogens is 312 g/mol. The second-order valence-electron chi connectivity index (χ2n) is 6.20. The molecule has 2 saturated heterocycles. The zero-order valence-electron chi connectivity index (χ0n) is 13.5. The first kappa shape index (κ1) is 16.0. The van der Waals surface area contributed by atoms with Crippen LogP contribution < -0.4 is 10.2 Å². The summed E-state index contributed by atoms with van der Waals surface area (Å²) in [5.74, 6) is -0.297. The average molecular weight is 334 g/mol. The Morgan fingerprint density at radius 3 is 2.70 bits per heavy atom. The lowest BCUT2D eigenvalue weighted by molar-refractivity contribution is -0.130. The van der Waals surface area contributed by atoms with E-state index in [-0.39, 0.29) is 5.91 Å². The van der Waals surface area contributed by atoms with E-state index in [1.807, 2.05) is 13.0 Å². The third-order valence-electron chi connectivity index (χ3n) is 4.53. The monoisotopic (exact) mass is 334 g/mol. The topological polar surface area (TPSA) is 65.0 Å². The van der Waals surface area contributed by atoms with Gasteiger partial charge in [-0.2, -0.15) is 5.10 Å². The van der Waals surface area contributed by atoms with Gasteiger partial charge >= 0.3 is 6.03 Å².